The number of hydrogen-bond donors (Lipinski definition) is 7. The van der Waals surface area contributed by atoms with Gasteiger partial charge in [0.05, 0.1) is 29.3 Å². The topological polar surface area (TPSA) is 229 Å². The first kappa shape index (κ1) is 47.6. The molecule has 4 aromatic rings. The minimum atomic E-state index is -3.34. The molecule has 0 aliphatic heterocycles. The zero-order valence-corrected chi connectivity index (χ0v) is 38.8. The summed E-state index contributed by atoms with van der Waals surface area (Å²) in [5.74, 6) is -13.5. The normalized spacial score (nSPS) is 23.7. The number of rotatable bonds is 17. The molecule has 3 aliphatic rings. The van der Waals surface area contributed by atoms with Crippen LogP contribution in [0, 0.1) is 11.8 Å². The second kappa shape index (κ2) is 18.5. The largest absolute Gasteiger partial charge is 0.508 e. The van der Waals surface area contributed by atoms with Crippen LogP contribution in [0.5, 0.6) is 5.75 Å². The number of anilines is 1. The van der Waals surface area contributed by atoms with E-state index in [1.165, 1.54) is 25.1 Å². The van der Waals surface area contributed by atoms with Gasteiger partial charge in [0.25, 0.3) is 5.91 Å². The van der Waals surface area contributed by atoms with Crippen molar-refractivity contribution < 1.29 is 44.7 Å². The summed E-state index contributed by atoms with van der Waals surface area (Å²) in [6.07, 6.45) is 10.7. The molecule has 0 unspecified atom stereocenters. The Morgan fingerprint density at radius 2 is 1.45 bits per heavy atom. The molecule has 1 fully saturated rings. The standard InChI is InChI=1S/C49H59ClN5O9P/c1-29-33-24-25-34(42(57)37(33)43(58)38-36(29)44(59)40-41(54(2)3)45(60)39(48(51)63)47(62)49(40,64)46(38)61)53-35(56)23-17-9-7-5-6-8-10-18-26-65(50,30-19-13-11-14-20-30,31-21-15-12-16-22-31)32-27-52-55(4)28-32/h11-16,19-22,24-25,27-29,36,40-41,44,57-59,62,64H,5-10,17-18,23,26H2,1-4H3,(H2,51,63)(H,53,56)/t29-,36+,40+,41-,44-,49-/m0/s1. The third-order valence-corrected chi connectivity index (χ3v) is 21.4. The fourth-order valence-corrected chi connectivity index (χ4v) is 16.7. The third-order valence-electron chi connectivity index (χ3n) is 14.0. The van der Waals surface area contributed by atoms with Crippen molar-refractivity contribution in [1.29, 1.82) is 0 Å². The molecule has 1 aromatic heterocycles. The number of aromatic nitrogens is 2. The molecule has 14 nitrogen and oxygen atoms in total. The molecule has 3 aromatic carbocycles. The van der Waals surface area contributed by atoms with Crippen molar-refractivity contribution in [2.24, 2.45) is 24.6 Å². The van der Waals surface area contributed by atoms with Crippen molar-refractivity contribution in [1.82, 2.24) is 14.7 Å². The summed E-state index contributed by atoms with van der Waals surface area (Å²) in [7, 11) is 4.82. The fraction of sp³-hybridized carbons (Fsp3) is 0.408. The molecule has 2 amide bonds. The van der Waals surface area contributed by atoms with E-state index in [1.807, 2.05) is 54.3 Å². The van der Waals surface area contributed by atoms with Gasteiger partial charge in [-0.3, -0.25) is 19.3 Å². The Kier molecular flexibility index (Phi) is 13.5. The van der Waals surface area contributed by atoms with E-state index in [-0.39, 0.29) is 23.6 Å². The van der Waals surface area contributed by atoms with Crippen LogP contribution in [0.1, 0.15) is 81.8 Å². The van der Waals surface area contributed by atoms with Crippen molar-refractivity contribution in [3.63, 3.8) is 0 Å². The third kappa shape index (κ3) is 7.97. The molecule has 0 bridgehead atoms. The van der Waals surface area contributed by atoms with Crippen LogP contribution >= 0.6 is 17.2 Å². The first-order valence-corrected chi connectivity index (χ1v) is 25.5. The quantitative estimate of drug-likeness (QED) is 0.0309. The molecule has 1 heterocycles. The number of hydrogen-bond acceptors (Lipinski definition) is 11. The van der Waals surface area contributed by atoms with Crippen molar-refractivity contribution in [2.45, 2.75) is 88.4 Å². The average Bonchev–Trinajstić information content (AvgIpc) is 3.73. The van der Waals surface area contributed by atoms with Gasteiger partial charge in [0.1, 0.15) is 22.8 Å². The molecule has 7 rings (SSSR count). The van der Waals surface area contributed by atoms with Gasteiger partial charge in [-0.15, -0.1) is 0 Å². The first-order chi connectivity index (χ1) is 30.9. The number of fused-ring (bicyclic) bond motifs is 3. The number of benzene rings is 3. The first-order valence-electron chi connectivity index (χ1n) is 22.2. The van der Waals surface area contributed by atoms with Gasteiger partial charge in [0.15, 0.2) is 11.4 Å². The van der Waals surface area contributed by atoms with E-state index < -0.39 is 87.3 Å². The number of amides is 2. The van der Waals surface area contributed by atoms with Gasteiger partial charge in [-0.1, -0.05) is 13.0 Å². The van der Waals surface area contributed by atoms with E-state index >= 15 is 0 Å². The zero-order chi connectivity index (χ0) is 47.0. The summed E-state index contributed by atoms with van der Waals surface area (Å²) >= 11 is 8.16. The van der Waals surface area contributed by atoms with E-state index in [1.54, 1.807) is 13.0 Å². The molecule has 65 heavy (non-hydrogen) atoms. The Morgan fingerprint density at radius 1 is 0.877 bits per heavy atom. The summed E-state index contributed by atoms with van der Waals surface area (Å²) in [4.78, 5) is 54.5. The summed E-state index contributed by atoms with van der Waals surface area (Å²) in [6, 6.07) is 22.4. The number of aromatic hydroxyl groups is 1. The van der Waals surface area contributed by atoms with Gasteiger partial charge in [0.2, 0.25) is 5.78 Å². The number of likely N-dealkylation sites (N-methyl/N-ethyl adjacent to an activating group) is 1. The molecule has 16 heteroatoms. The number of aryl methyl sites for hydroxylation is 1. The maximum atomic E-state index is 14.3. The number of carbonyl (C=O) groups is 4. The maximum absolute atomic E-state index is 14.3. The number of aliphatic hydroxyl groups is 4. The Labute approximate surface area is 383 Å². The van der Waals surface area contributed by atoms with Gasteiger partial charge >= 0.3 is 203 Å². The Balaban J connectivity index is 0.951. The van der Waals surface area contributed by atoms with Crippen LogP contribution in [0.4, 0.5) is 5.69 Å². The number of nitrogens with zero attached hydrogens (tertiary/aromatic N) is 3. The Morgan fingerprint density at radius 3 is 1.98 bits per heavy atom. The Hall–Kier alpha value is -5.37. The SMILES string of the molecule is C[C@H]1c2ccc(NC(=O)CCCCCCCCCCP(Cl)(c3ccccc3)(c3ccccc3)c3cnn(C)c3)c(O)c2C(O)=C2C(=O)[C@]3(O)C(O)=C(C(N)=O)C(=O)[C@@H](N(C)C)[C@@H]3[C@@H](O)[C@@H]21. The second-order valence-corrected chi connectivity index (χ2v) is 24.7. The minimum absolute atomic E-state index is 0.0182. The molecule has 0 saturated heterocycles. The van der Waals surface area contributed by atoms with Crippen LogP contribution in [0.3, 0.4) is 0 Å². The number of unbranched alkanes of at least 4 members (excludes halogenated alkanes) is 7. The van der Waals surface area contributed by atoms with Gasteiger partial charge in [-0.2, -0.15) is 0 Å². The second-order valence-electron chi connectivity index (χ2n) is 18.1. The average molecular weight is 928 g/mol. The van der Waals surface area contributed by atoms with E-state index in [0.717, 1.165) is 67.0 Å². The molecule has 3 aliphatic carbocycles. The van der Waals surface area contributed by atoms with Crippen LogP contribution in [-0.4, -0.2) is 102 Å². The number of ketones is 2. The minimum Gasteiger partial charge on any atom is -0.508 e. The van der Waals surface area contributed by atoms with Crippen LogP contribution in [-0.2, 0) is 26.2 Å². The van der Waals surface area contributed by atoms with E-state index in [0.29, 0.717) is 12.0 Å². The van der Waals surface area contributed by atoms with Gasteiger partial charge in [0, 0.05) is 11.5 Å². The monoisotopic (exact) mass is 927 g/mol. The van der Waals surface area contributed by atoms with Gasteiger partial charge < -0.3 is 31.3 Å². The number of carbonyl (C=O) groups excluding carboxylic acids is 4. The van der Waals surface area contributed by atoms with Crippen molar-refractivity contribution in [3.05, 3.63) is 113 Å². The Bertz CT molecular complexity index is 2520. The predicted octanol–water partition coefficient (Wildman–Crippen LogP) is 5.36. The number of Topliss-reactive ketones (excluding diaryl/α,β-unsaturated/α-hetero) is 2. The zero-order valence-electron chi connectivity index (χ0n) is 37.2. The number of halogens is 1. The molecule has 0 spiro atoms. The number of nitrogens with two attached hydrogens (primary N) is 1. The van der Waals surface area contributed by atoms with Crippen molar-refractivity contribution in [2.75, 3.05) is 25.6 Å². The van der Waals surface area contributed by atoms with E-state index in [2.05, 4.69) is 40.9 Å². The van der Waals surface area contributed by atoms with E-state index in [4.69, 9.17) is 17.0 Å². The molecule has 8 N–H and O–H groups in total. The molecule has 346 valence electrons. The molecular weight excluding hydrogens is 869 g/mol. The number of nitrogens with one attached hydrogen (secondary N) is 1. The number of primary amides is 1. The summed E-state index contributed by atoms with van der Waals surface area (Å²) in [6.45, 7) is 1.65. The molecule has 0 radical (unpaired) electrons. The van der Waals surface area contributed by atoms with Crippen LogP contribution in [0.2, 0.25) is 0 Å². The van der Waals surface area contributed by atoms with Gasteiger partial charge in [-0.25, -0.2) is 0 Å². The fourth-order valence-electron chi connectivity index (χ4n) is 10.6. The molecule has 6 atom stereocenters. The number of phenolic OH excluding ortho intramolecular Hbond substituents is 1. The molecular formula is C49H59ClN5O9P. The van der Waals surface area contributed by atoms with Crippen molar-refractivity contribution in [3.8, 4) is 5.75 Å². The summed E-state index contributed by atoms with van der Waals surface area (Å²) < 4.78 is 1.82. The summed E-state index contributed by atoms with van der Waals surface area (Å²) in [5, 5.41) is 68.6. The molecule has 1 saturated carbocycles. The number of phenols is 1. The van der Waals surface area contributed by atoms with Crippen LogP contribution in [0.15, 0.2) is 102 Å². The number of aliphatic hydroxyl groups excluding tert-OH is 3. The maximum Gasteiger partial charge on any atom is 0.255 e. The van der Waals surface area contributed by atoms with Crippen molar-refractivity contribution >= 4 is 67.9 Å². The van der Waals surface area contributed by atoms with E-state index in [9.17, 15) is 44.7 Å². The smallest absolute Gasteiger partial charge is 0.255 e. The van der Waals surface area contributed by atoms with Crippen LogP contribution in [0.25, 0.3) is 5.76 Å². The van der Waals surface area contributed by atoms with Gasteiger partial charge in [-0.05, 0) is 31.6 Å². The predicted molar refractivity (Wildman–Crippen MR) is 253 cm³/mol. The van der Waals surface area contributed by atoms with Crippen LogP contribution < -0.4 is 27.0 Å². The summed E-state index contributed by atoms with van der Waals surface area (Å²) in [5.41, 5.74) is 1.04.